The lowest BCUT2D eigenvalue weighted by molar-refractivity contribution is 0.700. The van der Waals surface area contributed by atoms with Crippen LogP contribution in [0, 0.1) is 0 Å². The minimum absolute atomic E-state index is 0.246. The molecule has 2 heterocycles. The van der Waals surface area contributed by atoms with Crippen LogP contribution in [0.4, 0.5) is 5.95 Å². The van der Waals surface area contributed by atoms with E-state index in [4.69, 9.17) is 5.73 Å². The van der Waals surface area contributed by atoms with Crippen molar-refractivity contribution in [2.75, 3.05) is 5.73 Å². The Morgan fingerprint density at radius 1 is 1.25 bits per heavy atom. The van der Waals surface area contributed by atoms with Crippen molar-refractivity contribution in [3.8, 4) is 0 Å². The SMILES string of the molecule is CCn1c(N)nc2c1c(=O)n(C)c(=O)n2C. The number of fused-ring (bicyclic) bond motifs is 1. The quantitative estimate of drug-likeness (QED) is 0.674. The standard InChI is InChI=1S/C9H13N5O2/c1-4-14-5-6(11-8(14)10)12(2)9(16)13(3)7(5)15/h4H2,1-3H3,(H2,10,11). The third-order valence-electron chi connectivity index (χ3n) is 2.69. The number of imidazole rings is 1. The maximum atomic E-state index is 11.9. The molecule has 0 fully saturated rings. The molecule has 0 bridgehead atoms. The summed E-state index contributed by atoms with van der Waals surface area (Å²) < 4.78 is 3.96. The minimum atomic E-state index is -0.404. The highest BCUT2D eigenvalue weighted by atomic mass is 16.2. The van der Waals surface area contributed by atoms with Crippen LogP contribution in [-0.2, 0) is 20.6 Å². The van der Waals surface area contributed by atoms with E-state index in [2.05, 4.69) is 4.98 Å². The van der Waals surface area contributed by atoms with Crippen molar-refractivity contribution in [3.63, 3.8) is 0 Å². The number of anilines is 1. The molecule has 86 valence electrons. The third kappa shape index (κ3) is 1.11. The zero-order valence-corrected chi connectivity index (χ0v) is 9.39. The summed E-state index contributed by atoms with van der Waals surface area (Å²) in [5, 5.41) is 0. The zero-order chi connectivity index (χ0) is 12.0. The number of nitrogens with zero attached hydrogens (tertiary/aromatic N) is 4. The van der Waals surface area contributed by atoms with E-state index in [-0.39, 0.29) is 11.5 Å². The van der Waals surface area contributed by atoms with Gasteiger partial charge >= 0.3 is 5.69 Å². The van der Waals surface area contributed by atoms with E-state index < -0.39 is 5.69 Å². The molecule has 0 atom stereocenters. The summed E-state index contributed by atoms with van der Waals surface area (Å²) in [5.74, 6) is 0.246. The Hall–Kier alpha value is -2.05. The average molecular weight is 223 g/mol. The van der Waals surface area contributed by atoms with Gasteiger partial charge in [0.25, 0.3) is 5.56 Å². The smallest absolute Gasteiger partial charge is 0.332 e. The summed E-state index contributed by atoms with van der Waals surface area (Å²) >= 11 is 0. The average Bonchev–Trinajstić information content (AvgIpc) is 2.60. The Bertz CT molecular complexity index is 676. The van der Waals surface area contributed by atoms with Gasteiger partial charge in [-0.15, -0.1) is 0 Å². The summed E-state index contributed by atoms with van der Waals surface area (Å²) in [7, 11) is 3.00. The van der Waals surface area contributed by atoms with Crippen LogP contribution >= 0.6 is 0 Å². The van der Waals surface area contributed by atoms with Gasteiger partial charge in [-0.2, -0.15) is 4.98 Å². The predicted molar refractivity (Wildman–Crippen MR) is 60.3 cm³/mol. The van der Waals surface area contributed by atoms with E-state index in [1.165, 1.54) is 11.6 Å². The van der Waals surface area contributed by atoms with Crippen molar-refractivity contribution in [1.29, 1.82) is 0 Å². The highest BCUT2D eigenvalue weighted by molar-refractivity contribution is 5.73. The lowest BCUT2D eigenvalue weighted by Crippen LogP contribution is -2.37. The van der Waals surface area contributed by atoms with Gasteiger partial charge in [-0.1, -0.05) is 0 Å². The fourth-order valence-electron chi connectivity index (χ4n) is 1.78. The Labute approximate surface area is 90.7 Å². The molecule has 0 unspecified atom stereocenters. The highest BCUT2D eigenvalue weighted by Crippen LogP contribution is 2.11. The third-order valence-corrected chi connectivity index (χ3v) is 2.69. The van der Waals surface area contributed by atoms with Gasteiger partial charge in [-0.05, 0) is 6.92 Å². The van der Waals surface area contributed by atoms with Gasteiger partial charge in [0.15, 0.2) is 11.2 Å². The van der Waals surface area contributed by atoms with Crippen molar-refractivity contribution in [2.24, 2.45) is 14.1 Å². The van der Waals surface area contributed by atoms with Crippen LogP contribution < -0.4 is 17.0 Å². The molecular weight excluding hydrogens is 210 g/mol. The molecule has 0 amide bonds. The molecule has 16 heavy (non-hydrogen) atoms. The fraction of sp³-hybridized carbons (Fsp3) is 0.444. The Morgan fingerprint density at radius 3 is 2.44 bits per heavy atom. The molecule has 2 N–H and O–H groups in total. The number of aromatic nitrogens is 4. The molecule has 7 nitrogen and oxygen atoms in total. The number of rotatable bonds is 1. The largest absolute Gasteiger partial charge is 0.369 e. The predicted octanol–water partition coefficient (Wildman–Crippen LogP) is -0.964. The maximum Gasteiger partial charge on any atom is 0.332 e. The number of nitrogen functional groups attached to an aromatic ring is 1. The summed E-state index contributed by atoms with van der Waals surface area (Å²) in [6.45, 7) is 2.40. The minimum Gasteiger partial charge on any atom is -0.369 e. The molecule has 0 radical (unpaired) electrons. The second kappa shape index (κ2) is 3.22. The fourth-order valence-corrected chi connectivity index (χ4v) is 1.78. The van der Waals surface area contributed by atoms with Gasteiger partial charge in [0, 0.05) is 20.6 Å². The van der Waals surface area contributed by atoms with Crippen LogP contribution in [0.25, 0.3) is 11.2 Å². The lowest BCUT2D eigenvalue weighted by Gasteiger charge is -2.04. The van der Waals surface area contributed by atoms with Crippen molar-refractivity contribution in [3.05, 3.63) is 20.8 Å². The van der Waals surface area contributed by atoms with Crippen molar-refractivity contribution < 1.29 is 0 Å². The number of hydrogen-bond donors (Lipinski definition) is 1. The first-order valence-electron chi connectivity index (χ1n) is 4.90. The van der Waals surface area contributed by atoms with E-state index in [1.807, 2.05) is 6.92 Å². The first kappa shape index (κ1) is 10.5. The van der Waals surface area contributed by atoms with Gasteiger partial charge in [-0.3, -0.25) is 13.9 Å². The Balaban J connectivity index is 3.15. The molecule has 0 saturated carbocycles. The summed E-state index contributed by atoms with van der Waals surface area (Å²) in [4.78, 5) is 27.6. The second-order valence-corrected chi connectivity index (χ2v) is 3.59. The van der Waals surface area contributed by atoms with E-state index >= 15 is 0 Å². The Morgan fingerprint density at radius 2 is 1.88 bits per heavy atom. The molecular formula is C9H13N5O2. The van der Waals surface area contributed by atoms with Gasteiger partial charge in [-0.25, -0.2) is 4.79 Å². The van der Waals surface area contributed by atoms with Crippen molar-refractivity contribution >= 4 is 17.1 Å². The number of nitrogens with two attached hydrogens (primary N) is 1. The van der Waals surface area contributed by atoms with Crippen LogP contribution in [-0.4, -0.2) is 18.7 Å². The van der Waals surface area contributed by atoms with Crippen LogP contribution in [0.2, 0.25) is 0 Å². The van der Waals surface area contributed by atoms with Crippen molar-refractivity contribution in [1.82, 2.24) is 18.7 Å². The van der Waals surface area contributed by atoms with Crippen molar-refractivity contribution in [2.45, 2.75) is 13.5 Å². The number of hydrogen-bond acceptors (Lipinski definition) is 4. The van der Waals surface area contributed by atoms with Crippen LogP contribution in [0.5, 0.6) is 0 Å². The van der Waals surface area contributed by atoms with Crippen LogP contribution in [0.1, 0.15) is 6.92 Å². The second-order valence-electron chi connectivity index (χ2n) is 3.59. The molecule has 2 rings (SSSR count). The van der Waals surface area contributed by atoms with Gasteiger partial charge in [0.1, 0.15) is 0 Å². The molecule has 0 aliphatic heterocycles. The first-order valence-corrected chi connectivity index (χ1v) is 4.90. The molecule has 7 heteroatoms. The molecule has 0 aromatic carbocycles. The first-order chi connectivity index (χ1) is 7.49. The van der Waals surface area contributed by atoms with Gasteiger partial charge in [0.2, 0.25) is 5.95 Å². The molecule has 0 aliphatic rings. The lowest BCUT2D eigenvalue weighted by atomic mass is 10.5. The van der Waals surface area contributed by atoms with Gasteiger partial charge in [0.05, 0.1) is 0 Å². The molecule has 0 spiro atoms. The number of aryl methyl sites for hydroxylation is 2. The monoisotopic (exact) mass is 223 g/mol. The molecule has 2 aromatic rings. The summed E-state index contributed by atoms with van der Waals surface area (Å²) in [6.07, 6.45) is 0. The van der Waals surface area contributed by atoms with E-state index in [0.717, 1.165) is 4.57 Å². The highest BCUT2D eigenvalue weighted by Gasteiger charge is 2.16. The molecule has 2 aromatic heterocycles. The maximum absolute atomic E-state index is 11.9. The van der Waals surface area contributed by atoms with Crippen LogP contribution in [0.15, 0.2) is 9.59 Å². The summed E-state index contributed by atoms with van der Waals surface area (Å²) in [5.41, 5.74) is 5.61. The summed E-state index contributed by atoms with van der Waals surface area (Å²) in [6, 6.07) is 0. The zero-order valence-electron chi connectivity index (χ0n) is 9.39. The molecule has 0 saturated heterocycles. The topological polar surface area (TPSA) is 87.8 Å². The van der Waals surface area contributed by atoms with E-state index in [0.29, 0.717) is 17.7 Å². The normalized spacial score (nSPS) is 11.2. The Kier molecular flexibility index (Phi) is 2.11. The van der Waals surface area contributed by atoms with E-state index in [9.17, 15) is 9.59 Å². The van der Waals surface area contributed by atoms with Crippen LogP contribution in [0.3, 0.4) is 0 Å². The molecule has 0 aliphatic carbocycles. The van der Waals surface area contributed by atoms with Gasteiger partial charge < -0.3 is 10.3 Å². The van der Waals surface area contributed by atoms with E-state index in [1.54, 1.807) is 11.6 Å².